The molecule has 0 radical (unpaired) electrons. The van der Waals surface area contributed by atoms with E-state index in [9.17, 15) is 4.79 Å². The molecule has 0 amide bonds. The number of fused-ring (bicyclic) bond motifs is 4. The predicted octanol–water partition coefficient (Wildman–Crippen LogP) is 5.90. The van der Waals surface area contributed by atoms with E-state index in [1.165, 1.54) is 49.7 Å². The zero-order chi connectivity index (χ0) is 19.1. The van der Waals surface area contributed by atoms with Crippen molar-refractivity contribution in [3.05, 3.63) is 45.7 Å². The molecule has 0 unspecified atom stereocenters. The number of thioether (sulfide) groups is 1. The van der Waals surface area contributed by atoms with Crippen LogP contribution in [0.15, 0.2) is 34.2 Å². The standard InChI is InChI=1S/C24H30N2OS/c1-28-23-25-21-19-13-7-6-10-17(19)16-24(14-8-3-9-15-24)20(21)22(27)26(23)18-11-4-2-5-12-18/h6-7,10,13,18H,2-5,8-9,11-12,14-16H2,1H3. The summed E-state index contributed by atoms with van der Waals surface area (Å²) in [6.07, 6.45) is 15.1. The first-order valence-electron chi connectivity index (χ1n) is 11.0. The Morgan fingerprint density at radius 1 is 1.04 bits per heavy atom. The zero-order valence-electron chi connectivity index (χ0n) is 16.9. The quantitative estimate of drug-likeness (QED) is 0.470. The van der Waals surface area contributed by atoms with Crippen LogP contribution in [0.4, 0.5) is 0 Å². The third-order valence-electron chi connectivity index (χ3n) is 7.35. The minimum Gasteiger partial charge on any atom is -0.284 e. The SMILES string of the molecule is CSc1nc2c(c(=O)n1C1CCCCC1)C1(CCCCC1)Cc1ccccc1-2. The number of hydrogen-bond donors (Lipinski definition) is 0. The van der Waals surface area contributed by atoms with Gasteiger partial charge >= 0.3 is 0 Å². The highest BCUT2D eigenvalue weighted by molar-refractivity contribution is 7.98. The van der Waals surface area contributed by atoms with Crippen molar-refractivity contribution >= 4 is 11.8 Å². The van der Waals surface area contributed by atoms with Gasteiger partial charge < -0.3 is 0 Å². The summed E-state index contributed by atoms with van der Waals surface area (Å²) < 4.78 is 2.10. The van der Waals surface area contributed by atoms with Gasteiger partial charge in [-0.05, 0) is 43.9 Å². The second-order valence-corrected chi connectivity index (χ2v) is 9.74. The van der Waals surface area contributed by atoms with Crippen LogP contribution in [0.5, 0.6) is 0 Å². The normalized spacial score (nSPS) is 21.3. The molecule has 1 aromatic heterocycles. The van der Waals surface area contributed by atoms with Crippen LogP contribution in [0.1, 0.15) is 81.4 Å². The Labute approximate surface area is 172 Å². The molecule has 28 heavy (non-hydrogen) atoms. The maximum Gasteiger partial charge on any atom is 0.258 e. The van der Waals surface area contributed by atoms with Crippen molar-refractivity contribution in [2.45, 2.75) is 87.2 Å². The van der Waals surface area contributed by atoms with E-state index in [0.29, 0.717) is 6.04 Å². The Morgan fingerprint density at radius 3 is 2.50 bits per heavy atom. The number of hydrogen-bond acceptors (Lipinski definition) is 3. The lowest BCUT2D eigenvalue weighted by molar-refractivity contribution is 0.273. The summed E-state index contributed by atoms with van der Waals surface area (Å²) in [5.74, 6) is 0. The molecule has 1 aromatic carbocycles. The number of nitrogens with zero attached hydrogens (tertiary/aromatic N) is 2. The van der Waals surface area contributed by atoms with Gasteiger partial charge in [-0.3, -0.25) is 9.36 Å². The molecule has 148 valence electrons. The fourth-order valence-electron chi connectivity index (χ4n) is 6.01. The average molecular weight is 395 g/mol. The topological polar surface area (TPSA) is 34.9 Å². The van der Waals surface area contributed by atoms with Gasteiger partial charge in [-0.25, -0.2) is 4.98 Å². The third-order valence-corrected chi connectivity index (χ3v) is 8.00. The van der Waals surface area contributed by atoms with Crippen LogP contribution >= 0.6 is 11.8 Å². The lowest BCUT2D eigenvalue weighted by Crippen LogP contribution is -2.44. The number of aromatic nitrogens is 2. The van der Waals surface area contributed by atoms with Crippen LogP contribution < -0.4 is 5.56 Å². The Balaban J connectivity index is 1.77. The van der Waals surface area contributed by atoms with Crippen LogP contribution in [-0.2, 0) is 11.8 Å². The van der Waals surface area contributed by atoms with Crippen molar-refractivity contribution in [3.8, 4) is 11.3 Å². The van der Waals surface area contributed by atoms with E-state index in [1.54, 1.807) is 11.8 Å². The first-order valence-corrected chi connectivity index (χ1v) is 12.3. The lowest BCUT2D eigenvalue weighted by atomic mass is 9.62. The molecule has 0 atom stereocenters. The van der Waals surface area contributed by atoms with Gasteiger partial charge in [-0.1, -0.05) is 74.6 Å². The predicted molar refractivity (Wildman–Crippen MR) is 116 cm³/mol. The average Bonchev–Trinajstić information content (AvgIpc) is 2.74. The van der Waals surface area contributed by atoms with Gasteiger partial charge in [-0.15, -0.1) is 0 Å². The molecule has 0 aliphatic heterocycles. The summed E-state index contributed by atoms with van der Waals surface area (Å²) in [6, 6.07) is 8.99. The molecule has 2 fully saturated rings. The van der Waals surface area contributed by atoms with Gasteiger partial charge in [0.2, 0.25) is 0 Å². The van der Waals surface area contributed by atoms with Gasteiger partial charge in [0.05, 0.1) is 11.3 Å². The molecule has 1 spiro atoms. The second kappa shape index (κ2) is 7.37. The van der Waals surface area contributed by atoms with Crippen LogP contribution in [0, 0.1) is 0 Å². The monoisotopic (exact) mass is 394 g/mol. The lowest BCUT2D eigenvalue weighted by Gasteiger charge is -2.42. The largest absolute Gasteiger partial charge is 0.284 e. The highest BCUT2D eigenvalue weighted by Crippen LogP contribution is 2.49. The maximum absolute atomic E-state index is 14.1. The molecule has 0 N–H and O–H groups in total. The van der Waals surface area contributed by atoms with Crippen molar-refractivity contribution < 1.29 is 0 Å². The summed E-state index contributed by atoms with van der Waals surface area (Å²) in [5.41, 5.74) is 4.89. The smallest absolute Gasteiger partial charge is 0.258 e. The van der Waals surface area contributed by atoms with E-state index in [2.05, 4.69) is 35.1 Å². The van der Waals surface area contributed by atoms with Crippen LogP contribution in [0.2, 0.25) is 0 Å². The fraction of sp³-hybridized carbons (Fsp3) is 0.583. The second-order valence-electron chi connectivity index (χ2n) is 8.96. The minimum absolute atomic E-state index is 0.000620. The zero-order valence-corrected chi connectivity index (χ0v) is 17.7. The Hall–Kier alpha value is -1.55. The van der Waals surface area contributed by atoms with Crippen LogP contribution in [-0.4, -0.2) is 15.8 Å². The summed E-state index contributed by atoms with van der Waals surface area (Å²) in [5, 5.41) is 0.915. The molecule has 0 saturated heterocycles. The van der Waals surface area contributed by atoms with Crippen LogP contribution in [0.3, 0.4) is 0 Å². The summed E-state index contributed by atoms with van der Waals surface area (Å²) in [6.45, 7) is 0. The molecule has 2 aromatic rings. The van der Waals surface area contributed by atoms with E-state index in [0.717, 1.165) is 48.5 Å². The van der Waals surface area contributed by atoms with Gasteiger partial charge in [0.15, 0.2) is 5.16 Å². The van der Waals surface area contributed by atoms with Crippen molar-refractivity contribution in [3.63, 3.8) is 0 Å². The Kier molecular flexibility index (Phi) is 4.86. The summed E-state index contributed by atoms with van der Waals surface area (Å²) in [7, 11) is 0. The first kappa shape index (κ1) is 18.5. The first-order chi connectivity index (χ1) is 13.7. The fourth-order valence-corrected chi connectivity index (χ4v) is 6.62. The van der Waals surface area contributed by atoms with E-state index < -0.39 is 0 Å². The van der Waals surface area contributed by atoms with E-state index in [1.807, 2.05) is 0 Å². The van der Waals surface area contributed by atoms with Crippen molar-refractivity contribution in [1.29, 1.82) is 0 Å². The molecular weight excluding hydrogens is 364 g/mol. The highest BCUT2D eigenvalue weighted by atomic mass is 32.2. The molecule has 3 nitrogen and oxygen atoms in total. The Morgan fingerprint density at radius 2 is 1.75 bits per heavy atom. The van der Waals surface area contributed by atoms with E-state index in [4.69, 9.17) is 4.98 Å². The number of rotatable bonds is 2. The minimum atomic E-state index is -0.000620. The number of benzene rings is 1. The van der Waals surface area contributed by atoms with Gasteiger partial charge in [-0.2, -0.15) is 0 Å². The maximum atomic E-state index is 14.1. The van der Waals surface area contributed by atoms with Crippen LogP contribution in [0.25, 0.3) is 11.3 Å². The van der Waals surface area contributed by atoms with Crippen molar-refractivity contribution in [2.24, 2.45) is 0 Å². The van der Waals surface area contributed by atoms with E-state index in [-0.39, 0.29) is 11.0 Å². The highest BCUT2D eigenvalue weighted by Gasteiger charge is 2.43. The molecule has 2 saturated carbocycles. The van der Waals surface area contributed by atoms with Gasteiger partial charge in [0.1, 0.15) is 0 Å². The molecule has 3 aliphatic carbocycles. The molecule has 0 bridgehead atoms. The Bertz CT molecular complexity index is 936. The molecule has 5 rings (SSSR count). The van der Waals surface area contributed by atoms with Gasteiger partial charge in [0.25, 0.3) is 5.56 Å². The van der Waals surface area contributed by atoms with Crippen molar-refractivity contribution in [1.82, 2.24) is 9.55 Å². The van der Waals surface area contributed by atoms with E-state index >= 15 is 0 Å². The molecular formula is C24H30N2OS. The summed E-state index contributed by atoms with van der Waals surface area (Å²) >= 11 is 1.64. The molecule has 1 heterocycles. The van der Waals surface area contributed by atoms with Crippen molar-refractivity contribution in [2.75, 3.05) is 6.26 Å². The van der Waals surface area contributed by atoms with Gasteiger partial charge in [0, 0.05) is 17.0 Å². The molecule has 3 aliphatic rings. The molecule has 4 heteroatoms. The third kappa shape index (κ3) is 2.87. The summed E-state index contributed by atoms with van der Waals surface area (Å²) in [4.78, 5) is 19.3.